The summed E-state index contributed by atoms with van der Waals surface area (Å²) in [6.07, 6.45) is 0. The molecule has 0 bridgehead atoms. The first-order valence-electron chi connectivity index (χ1n) is 4.56. The SMILES string of the molecule is c1cc[c]2c(c1)Oc1cccc[c]1[Sn]2. The molecule has 0 aromatic heterocycles. The summed E-state index contributed by atoms with van der Waals surface area (Å²) in [6.45, 7) is 0. The average molecular weight is 287 g/mol. The predicted molar refractivity (Wildman–Crippen MR) is 58.0 cm³/mol. The van der Waals surface area contributed by atoms with Crippen LogP contribution in [-0.2, 0) is 0 Å². The van der Waals surface area contributed by atoms with E-state index in [9.17, 15) is 0 Å². The van der Waals surface area contributed by atoms with Crippen molar-refractivity contribution in [2.45, 2.75) is 0 Å². The van der Waals surface area contributed by atoms with Gasteiger partial charge in [-0.1, -0.05) is 0 Å². The van der Waals surface area contributed by atoms with Crippen LogP contribution in [0.15, 0.2) is 48.5 Å². The van der Waals surface area contributed by atoms with Crippen LogP contribution in [0.25, 0.3) is 0 Å². The van der Waals surface area contributed by atoms with Gasteiger partial charge in [-0.15, -0.1) is 0 Å². The molecule has 0 saturated heterocycles. The third kappa shape index (κ3) is 1.32. The van der Waals surface area contributed by atoms with Gasteiger partial charge in [-0.05, 0) is 0 Å². The third-order valence-electron chi connectivity index (χ3n) is 2.26. The number of hydrogen-bond donors (Lipinski definition) is 0. The van der Waals surface area contributed by atoms with E-state index in [-0.39, 0.29) is 0 Å². The van der Waals surface area contributed by atoms with Crippen molar-refractivity contribution in [3.8, 4) is 11.5 Å². The number of benzene rings is 2. The van der Waals surface area contributed by atoms with E-state index in [1.165, 1.54) is 7.16 Å². The Morgan fingerprint density at radius 1 is 0.714 bits per heavy atom. The molecule has 66 valence electrons. The summed E-state index contributed by atoms with van der Waals surface area (Å²) >= 11 is -0.611. The van der Waals surface area contributed by atoms with Gasteiger partial charge in [-0.25, -0.2) is 0 Å². The van der Waals surface area contributed by atoms with Gasteiger partial charge in [0.1, 0.15) is 0 Å². The summed E-state index contributed by atoms with van der Waals surface area (Å²) in [5, 5.41) is 0. The zero-order valence-electron chi connectivity index (χ0n) is 7.53. The Balaban J connectivity index is 2.12. The van der Waals surface area contributed by atoms with Gasteiger partial charge in [0.05, 0.1) is 0 Å². The Kier molecular flexibility index (Phi) is 1.98. The molecule has 0 fully saturated rings. The second-order valence-electron chi connectivity index (χ2n) is 3.22. The maximum absolute atomic E-state index is 5.82. The molecule has 0 atom stereocenters. The summed E-state index contributed by atoms with van der Waals surface area (Å²) in [5.41, 5.74) is 0. The molecular weight excluding hydrogens is 279 g/mol. The van der Waals surface area contributed by atoms with Crippen molar-refractivity contribution < 1.29 is 4.74 Å². The second-order valence-corrected chi connectivity index (χ2v) is 7.01. The normalized spacial score (nSPS) is 12.6. The number of para-hydroxylation sites is 2. The van der Waals surface area contributed by atoms with Crippen LogP contribution in [0.3, 0.4) is 0 Å². The fraction of sp³-hybridized carbons (Fsp3) is 0. The Morgan fingerprint density at radius 3 is 1.79 bits per heavy atom. The van der Waals surface area contributed by atoms with Gasteiger partial charge in [0.2, 0.25) is 0 Å². The van der Waals surface area contributed by atoms with Gasteiger partial charge in [-0.2, -0.15) is 0 Å². The molecular formula is C12H8OSn. The average Bonchev–Trinajstić information content (AvgIpc) is 2.26. The van der Waals surface area contributed by atoms with E-state index in [1.54, 1.807) is 0 Å². The van der Waals surface area contributed by atoms with Gasteiger partial charge in [-0.3, -0.25) is 0 Å². The molecule has 2 heteroatoms. The topological polar surface area (TPSA) is 9.23 Å². The molecule has 0 amide bonds. The zero-order valence-corrected chi connectivity index (χ0v) is 10.4. The van der Waals surface area contributed by atoms with Crippen molar-refractivity contribution in [2.24, 2.45) is 0 Å². The maximum atomic E-state index is 5.82. The minimum absolute atomic E-state index is 0.611. The molecule has 0 N–H and O–H groups in total. The quantitative estimate of drug-likeness (QED) is 0.569. The van der Waals surface area contributed by atoms with E-state index in [0.29, 0.717) is 0 Å². The van der Waals surface area contributed by atoms with Gasteiger partial charge >= 0.3 is 93.1 Å². The number of ether oxygens (including phenoxy) is 1. The monoisotopic (exact) mass is 288 g/mol. The fourth-order valence-corrected chi connectivity index (χ4v) is 4.90. The molecule has 1 aliphatic heterocycles. The van der Waals surface area contributed by atoms with Crippen LogP contribution in [0.4, 0.5) is 0 Å². The van der Waals surface area contributed by atoms with Gasteiger partial charge < -0.3 is 0 Å². The van der Waals surface area contributed by atoms with Crippen molar-refractivity contribution in [3.05, 3.63) is 48.5 Å². The van der Waals surface area contributed by atoms with Crippen molar-refractivity contribution >= 4 is 28.3 Å². The number of rotatable bonds is 0. The number of fused-ring (bicyclic) bond motifs is 2. The standard InChI is InChI=1S/C12H8O.Sn/c1-3-7-11(8-4-1)13-12-9-5-2-6-10-12;/h1-7,9H;. The van der Waals surface area contributed by atoms with E-state index in [0.717, 1.165) is 11.5 Å². The molecule has 2 radical (unpaired) electrons. The molecule has 0 spiro atoms. The summed E-state index contributed by atoms with van der Waals surface area (Å²) < 4.78 is 8.70. The van der Waals surface area contributed by atoms with Gasteiger partial charge in [0.15, 0.2) is 0 Å². The van der Waals surface area contributed by atoms with Crippen molar-refractivity contribution in [1.29, 1.82) is 0 Å². The summed E-state index contributed by atoms with van der Waals surface area (Å²) in [6, 6.07) is 16.8. The number of hydrogen-bond acceptors (Lipinski definition) is 1. The molecule has 2 aromatic rings. The summed E-state index contributed by atoms with van der Waals surface area (Å²) in [7, 11) is 0. The van der Waals surface area contributed by atoms with E-state index in [4.69, 9.17) is 4.74 Å². The van der Waals surface area contributed by atoms with Crippen molar-refractivity contribution in [1.82, 2.24) is 0 Å². The molecule has 2 aromatic carbocycles. The summed E-state index contributed by atoms with van der Waals surface area (Å²) in [5.74, 6) is 2.13. The van der Waals surface area contributed by atoms with Crippen LogP contribution in [-0.4, -0.2) is 21.1 Å². The van der Waals surface area contributed by atoms with Gasteiger partial charge in [0.25, 0.3) is 0 Å². The summed E-state index contributed by atoms with van der Waals surface area (Å²) in [4.78, 5) is 0. The van der Waals surface area contributed by atoms with Gasteiger partial charge in [0, 0.05) is 0 Å². The first kappa shape index (κ1) is 8.36. The Morgan fingerprint density at radius 2 is 1.21 bits per heavy atom. The molecule has 0 saturated carbocycles. The van der Waals surface area contributed by atoms with Crippen molar-refractivity contribution in [2.75, 3.05) is 0 Å². The van der Waals surface area contributed by atoms with E-state index in [2.05, 4.69) is 36.4 Å². The van der Waals surface area contributed by atoms with Crippen LogP contribution in [0, 0.1) is 0 Å². The fourth-order valence-electron chi connectivity index (χ4n) is 1.58. The predicted octanol–water partition coefficient (Wildman–Crippen LogP) is 1.45. The molecule has 1 nitrogen and oxygen atoms in total. The molecule has 1 aliphatic rings. The molecule has 0 unspecified atom stereocenters. The molecule has 1 heterocycles. The van der Waals surface area contributed by atoms with Crippen LogP contribution in [0.2, 0.25) is 0 Å². The zero-order chi connectivity index (χ0) is 9.38. The first-order valence-corrected chi connectivity index (χ1v) is 7.42. The molecule has 0 aliphatic carbocycles. The Bertz CT molecular complexity index is 392. The molecule has 3 rings (SSSR count). The van der Waals surface area contributed by atoms with Crippen LogP contribution in [0.1, 0.15) is 0 Å². The van der Waals surface area contributed by atoms with E-state index < -0.39 is 21.1 Å². The Hall–Kier alpha value is -0.961. The minimum atomic E-state index is -0.611. The Labute approximate surface area is 92.9 Å². The first-order chi connectivity index (χ1) is 6.93. The van der Waals surface area contributed by atoms with Crippen LogP contribution >= 0.6 is 0 Å². The van der Waals surface area contributed by atoms with E-state index in [1.807, 2.05) is 12.1 Å². The van der Waals surface area contributed by atoms with Crippen LogP contribution in [0.5, 0.6) is 11.5 Å². The van der Waals surface area contributed by atoms with Crippen molar-refractivity contribution in [3.63, 3.8) is 0 Å². The third-order valence-corrected chi connectivity index (χ3v) is 6.16. The molecule has 14 heavy (non-hydrogen) atoms. The van der Waals surface area contributed by atoms with E-state index >= 15 is 0 Å². The second kappa shape index (κ2) is 3.31. The van der Waals surface area contributed by atoms with Crippen LogP contribution < -0.4 is 11.9 Å².